The zero-order valence-electron chi connectivity index (χ0n) is 17.2. The third kappa shape index (κ3) is 5.80. The molecule has 0 saturated carbocycles. The Morgan fingerprint density at radius 2 is 1.76 bits per heavy atom. The fraction of sp³-hybridized carbons (Fsp3) is 0.417. The topological polar surface area (TPSA) is 24.9 Å². The predicted molar refractivity (Wildman–Crippen MR) is 121 cm³/mol. The summed E-state index contributed by atoms with van der Waals surface area (Å²) in [6, 6.07) is 17.3. The van der Waals surface area contributed by atoms with Crippen LogP contribution in [0.4, 0.5) is 0 Å². The van der Waals surface area contributed by atoms with Gasteiger partial charge in [0.15, 0.2) is 0 Å². The van der Waals surface area contributed by atoms with Gasteiger partial charge < -0.3 is 9.47 Å². The number of hydrogen-bond donors (Lipinski definition) is 0. The molecule has 1 aliphatic heterocycles. The zero-order valence-corrected chi connectivity index (χ0v) is 18.0. The van der Waals surface area contributed by atoms with Crippen molar-refractivity contribution in [3.8, 4) is 5.75 Å². The van der Waals surface area contributed by atoms with Gasteiger partial charge in [0.2, 0.25) is 0 Å². The van der Waals surface area contributed by atoms with Gasteiger partial charge in [-0.05, 0) is 52.6 Å². The molecule has 1 saturated heterocycles. The Kier molecular flexibility index (Phi) is 7.17. The highest BCUT2D eigenvalue weighted by Crippen LogP contribution is 2.22. The quantitative estimate of drug-likeness (QED) is 0.492. The molecule has 29 heavy (non-hydrogen) atoms. The number of ether oxygens (including phenoxy) is 2. The summed E-state index contributed by atoms with van der Waals surface area (Å²) in [6.45, 7) is 8.08. The van der Waals surface area contributed by atoms with Gasteiger partial charge in [-0.3, -0.25) is 9.80 Å². The first kappa shape index (κ1) is 20.4. The lowest BCUT2D eigenvalue weighted by Crippen LogP contribution is -2.46. The molecule has 0 spiro atoms. The molecule has 0 N–H and O–H groups in total. The Labute approximate surface area is 177 Å². The third-order valence-electron chi connectivity index (χ3n) is 5.61. The standard InChI is InChI=1S/C24H30N2O2S/c1-27-23-4-2-3-21(18-23)19-26-11-9-25(10-12-26)13-15-28-14-7-20-5-6-24-22(17-20)8-16-29-24/h2-6,8,16-18H,7,9-15,19H2,1H3. The van der Waals surface area contributed by atoms with Gasteiger partial charge in [0.25, 0.3) is 0 Å². The van der Waals surface area contributed by atoms with E-state index in [-0.39, 0.29) is 0 Å². The second kappa shape index (κ2) is 10.2. The Hall–Kier alpha value is -1.92. The average molecular weight is 411 g/mol. The molecule has 5 heteroatoms. The van der Waals surface area contributed by atoms with Crippen molar-refractivity contribution in [3.05, 3.63) is 65.0 Å². The highest BCUT2D eigenvalue weighted by Gasteiger charge is 2.16. The summed E-state index contributed by atoms with van der Waals surface area (Å²) in [4.78, 5) is 5.03. The molecule has 154 valence electrons. The molecule has 4 rings (SSSR count). The van der Waals surface area contributed by atoms with Gasteiger partial charge in [0, 0.05) is 44.0 Å². The molecule has 0 atom stereocenters. The number of methoxy groups -OCH3 is 1. The van der Waals surface area contributed by atoms with Gasteiger partial charge >= 0.3 is 0 Å². The van der Waals surface area contributed by atoms with Gasteiger partial charge in [-0.1, -0.05) is 24.3 Å². The minimum atomic E-state index is 0.797. The predicted octanol–water partition coefficient (Wildman–Crippen LogP) is 4.29. The van der Waals surface area contributed by atoms with Crippen LogP contribution in [0.2, 0.25) is 0 Å². The van der Waals surface area contributed by atoms with Crippen molar-refractivity contribution in [2.75, 3.05) is 53.0 Å². The van der Waals surface area contributed by atoms with E-state index in [1.165, 1.54) is 21.2 Å². The largest absolute Gasteiger partial charge is 0.497 e. The molecule has 3 aromatic rings. The van der Waals surface area contributed by atoms with E-state index < -0.39 is 0 Å². The Bertz CT molecular complexity index is 903. The van der Waals surface area contributed by atoms with Crippen LogP contribution in [0.3, 0.4) is 0 Å². The van der Waals surface area contributed by atoms with Gasteiger partial charge in [0.1, 0.15) is 5.75 Å². The molecule has 1 aliphatic rings. The number of benzene rings is 2. The van der Waals surface area contributed by atoms with Crippen LogP contribution in [0.1, 0.15) is 11.1 Å². The van der Waals surface area contributed by atoms with Crippen LogP contribution in [0.25, 0.3) is 10.1 Å². The fourth-order valence-electron chi connectivity index (χ4n) is 3.86. The summed E-state index contributed by atoms with van der Waals surface area (Å²) in [5.74, 6) is 0.938. The van der Waals surface area contributed by atoms with Gasteiger partial charge in [0.05, 0.1) is 20.3 Å². The van der Waals surface area contributed by atoms with Crippen LogP contribution in [-0.2, 0) is 17.7 Å². The van der Waals surface area contributed by atoms with Crippen molar-refractivity contribution in [1.29, 1.82) is 0 Å². The highest BCUT2D eigenvalue weighted by atomic mass is 32.1. The van der Waals surface area contributed by atoms with Crippen LogP contribution in [0, 0.1) is 0 Å². The number of rotatable bonds is 9. The van der Waals surface area contributed by atoms with E-state index in [2.05, 4.69) is 57.6 Å². The first-order chi connectivity index (χ1) is 14.3. The fourth-order valence-corrected chi connectivity index (χ4v) is 4.63. The molecule has 4 nitrogen and oxygen atoms in total. The van der Waals surface area contributed by atoms with E-state index in [4.69, 9.17) is 9.47 Å². The molecule has 2 aromatic carbocycles. The lowest BCUT2D eigenvalue weighted by atomic mass is 10.1. The number of nitrogens with zero attached hydrogens (tertiary/aromatic N) is 2. The highest BCUT2D eigenvalue weighted by molar-refractivity contribution is 7.17. The zero-order chi connectivity index (χ0) is 19.9. The summed E-state index contributed by atoms with van der Waals surface area (Å²) in [6.07, 6.45) is 0.986. The van der Waals surface area contributed by atoms with E-state index in [0.717, 1.165) is 64.7 Å². The number of hydrogen-bond acceptors (Lipinski definition) is 5. The van der Waals surface area contributed by atoms with Crippen LogP contribution in [0.5, 0.6) is 5.75 Å². The van der Waals surface area contributed by atoms with Crippen molar-refractivity contribution in [2.45, 2.75) is 13.0 Å². The summed E-state index contributed by atoms with van der Waals surface area (Å²) in [5.41, 5.74) is 2.68. The molecule has 0 radical (unpaired) electrons. The van der Waals surface area contributed by atoms with Crippen LogP contribution >= 0.6 is 11.3 Å². The maximum absolute atomic E-state index is 5.92. The number of fused-ring (bicyclic) bond motifs is 1. The molecular formula is C24H30N2O2S. The molecule has 0 unspecified atom stereocenters. The minimum Gasteiger partial charge on any atom is -0.497 e. The molecular weight excluding hydrogens is 380 g/mol. The maximum atomic E-state index is 5.92. The van der Waals surface area contributed by atoms with Crippen LogP contribution < -0.4 is 4.74 Å². The Balaban J connectivity index is 1.11. The van der Waals surface area contributed by atoms with Crippen molar-refractivity contribution in [1.82, 2.24) is 9.80 Å². The van der Waals surface area contributed by atoms with E-state index >= 15 is 0 Å². The van der Waals surface area contributed by atoms with Gasteiger partial charge in [-0.15, -0.1) is 11.3 Å². The van der Waals surface area contributed by atoms with Crippen molar-refractivity contribution >= 4 is 21.4 Å². The van der Waals surface area contributed by atoms with E-state index in [1.807, 2.05) is 6.07 Å². The summed E-state index contributed by atoms with van der Waals surface area (Å²) in [5, 5.41) is 3.50. The normalized spacial score (nSPS) is 15.8. The van der Waals surface area contributed by atoms with E-state index in [0.29, 0.717) is 0 Å². The summed E-state index contributed by atoms with van der Waals surface area (Å²) in [7, 11) is 1.72. The molecule has 2 heterocycles. The smallest absolute Gasteiger partial charge is 0.119 e. The van der Waals surface area contributed by atoms with Crippen molar-refractivity contribution in [2.24, 2.45) is 0 Å². The lowest BCUT2D eigenvalue weighted by Gasteiger charge is -2.34. The summed E-state index contributed by atoms with van der Waals surface area (Å²) < 4.78 is 12.6. The Morgan fingerprint density at radius 1 is 0.897 bits per heavy atom. The maximum Gasteiger partial charge on any atom is 0.119 e. The number of thiophene rings is 1. The van der Waals surface area contributed by atoms with Gasteiger partial charge in [-0.2, -0.15) is 0 Å². The van der Waals surface area contributed by atoms with E-state index in [1.54, 1.807) is 18.4 Å². The van der Waals surface area contributed by atoms with Crippen molar-refractivity contribution in [3.63, 3.8) is 0 Å². The summed E-state index contributed by atoms with van der Waals surface area (Å²) >= 11 is 1.80. The molecule has 0 bridgehead atoms. The van der Waals surface area contributed by atoms with Crippen LogP contribution in [-0.4, -0.2) is 62.8 Å². The Morgan fingerprint density at radius 3 is 2.62 bits per heavy atom. The monoisotopic (exact) mass is 410 g/mol. The van der Waals surface area contributed by atoms with E-state index in [9.17, 15) is 0 Å². The second-order valence-electron chi connectivity index (χ2n) is 7.62. The SMILES string of the molecule is COc1cccc(CN2CCN(CCOCCc3ccc4sccc4c3)CC2)c1. The minimum absolute atomic E-state index is 0.797. The van der Waals surface area contributed by atoms with Crippen LogP contribution in [0.15, 0.2) is 53.9 Å². The molecule has 0 amide bonds. The molecule has 0 aliphatic carbocycles. The molecule has 1 aromatic heterocycles. The van der Waals surface area contributed by atoms with Crippen molar-refractivity contribution < 1.29 is 9.47 Å². The molecule has 1 fully saturated rings. The number of piperazine rings is 1. The average Bonchev–Trinajstić information content (AvgIpc) is 3.23. The van der Waals surface area contributed by atoms with Gasteiger partial charge in [-0.25, -0.2) is 0 Å². The third-order valence-corrected chi connectivity index (χ3v) is 6.51. The lowest BCUT2D eigenvalue weighted by molar-refractivity contribution is 0.0747. The first-order valence-electron chi connectivity index (χ1n) is 10.4. The first-order valence-corrected chi connectivity index (χ1v) is 11.3. The second-order valence-corrected chi connectivity index (χ2v) is 8.57.